The molecule has 31 heavy (non-hydrogen) atoms. The fourth-order valence-corrected chi connectivity index (χ4v) is 5.71. The van der Waals surface area contributed by atoms with E-state index in [2.05, 4.69) is 9.71 Å². The molecule has 0 saturated carbocycles. The highest BCUT2D eigenvalue weighted by Gasteiger charge is 2.31. The number of rotatable bonds is 9. The lowest BCUT2D eigenvalue weighted by atomic mass is 10.2. The molecule has 0 aliphatic carbocycles. The molecule has 0 bridgehead atoms. The molecule has 1 N–H and O–H groups in total. The molecule has 1 heterocycles. The Balaban J connectivity index is 1.90. The van der Waals surface area contributed by atoms with Gasteiger partial charge in [-0.15, -0.1) is 0 Å². The molecule has 0 spiro atoms. The van der Waals surface area contributed by atoms with Crippen LogP contribution in [0.3, 0.4) is 0 Å². The quantitative estimate of drug-likeness (QED) is 0.488. The molecule has 0 saturated heterocycles. The summed E-state index contributed by atoms with van der Waals surface area (Å²) in [5.41, 5.74) is 0.307. The minimum absolute atomic E-state index is 0.0277. The van der Waals surface area contributed by atoms with Crippen molar-refractivity contribution in [1.29, 1.82) is 0 Å². The molecule has 3 aromatic rings. The van der Waals surface area contributed by atoms with E-state index in [0.29, 0.717) is 17.9 Å². The third-order valence-corrected chi connectivity index (χ3v) is 8.03. The van der Waals surface area contributed by atoms with Gasteiger partial charge in [0.15, 0.2) is 9.84 Å². The summed E-state index contributed by atoms with van der Waals surface area (Å²) >= 11 is 0. The molecule has 7 nitrogen and oxygen atoms in total. The van der Waals surface area contributed by atoms with Crippen molar-refractivity contribution in [2.24, 2.45) is 0 Å². The summed E-state index contributed by atoms with van der Waals surface area (Å²) in [5, 5.41) is -1.26. The van der Waals surface area contributed by atoms with Gasteiger partial charge in [-0.05, 0) is 67.1 Å². The van der Waals surface area contributed by atoms with Crippen LogP contribution in [0.15, 0.2) is 82.8 Å². The summed E-state index contributed by atoms with van der Waals surface area (Å²) in [6.45, 7) is 1.83. The van der Waals surface area contributed by atoms with Crippen LogP contribution in [-0.4, -0.2) is 35.0 Å². The van der Waals surface area contributed by atoms with Crippen molar-refractivity contribution in [2.45, 2.75) is 22.0 Å². The summed E-state index contributed by atoms with van der Waals surface area (Å²) in [7, 11) is -8.04. The number of sulfone groups is 1. The second-order valence-corrected chi connectivity index (χ2v) is 10.4. The van der Waals surface area contributed by atoms with Gasteiger partial charge >= 0.3 is 0 Å². The van der Waals surface area contributed by atoms with Crippen molar-refractivity contribution in [1.82, 2.24) is 9.71 Å². The fourth-order valence-electron chi connectivity index (χ4n) is 2.91. The van der Waals surface area contributed by atoms with Crippen LogP contribution in [0.2, 0.25) is 0 Å². The molecule has 2 aromatic carbocycles. The van der Waals surface area contributed by atoms with Crippen LogP contribution >= 0.6 is 0 Å². The molecule has 1 aromatic heterocycles. The maximum atomic E-state index is 13.3. The lowest BCUT2D eigenvalue weighted by molar-refractivity contribution is 0.340. The Morgan fingerprint density at radius 3 is 2.19 bits per heavy atom. The van der Waals surface area contributed by atoms with E-state index in [4.69, 9.17) is 4.74 Å². The molecule has 3 rings (SSSR count). The van der Waals surface area contributed by atoms with E-state index in [1.807, 2.05) is 6.92 Å². The topological polar surface area (TPSA) is 102 Å². The Bertz CT molecular complexity index is 1220. The highest BCUT2D eigenvalue weighted by Crippen LogP contribution is 2.29. The number of aromatic nitrogens is 1. The molecule has 1 atom stereocenters. The largest absolute Gasteiger partial charge is 0.494 e. The van der Waals surface area contributed by atoms with Gasteiger partial charge < -0.3 is 4.74 Å². The fraction of sp³-hybridized carbons (Fsp3) is 0.190. The molecule has 10 heteroatoms. The van der Waals surface area contributed by atoms with Gasteiger partial charge in [-0.2, -0.15) is 0 Å². The van der Waals surface area contributed by atoms with Crippen molar-refractivity contribution in [3.63, 3.8) is 0 Å². The van der Waals surface area contributed by atoms with Crippen molar-refractivity contribution in [2.75, 3.05) is 13.2 Å². The average Bonchev–Trinajstić information content (AvgIpc) is 2.75. The first-order chi connectivity index (χ1) is 14.7. The van der Waals surface area contributed by atoms with E-state index in [-0.39, 0.29) is 9.79 Å². The first-order valence-electron chi connectivity index (χ1n) is 9.36. The van der Waals surface area contributed by atoms with Crippen molar-refractivity contribution >= 4 is 19.9 Å². The Labute approximate surface area is 180 Å². The van der Waals surface area contributed by atoms with Gasteiger partial charge in [0.1, 0.15) is 16.8 Å². The van der Waals surface area contributed by atoms with Crippen molar-refractivity contribution in [3.05, 3.63) is 84.4 Å². The van der Waals surface area contributed by atoms with Crippen LogP contribution in [0.1, 0.15) is 17.7 Å². The van der Waals surface area contributed by atoms with E-state index >= 15 is 0 Å². The van der Waals surface area contributed by atoms with Gasteiger partial charge in [0.2, 0.25) is 10.0 Å². The van der Waals surface area contributed by atoms with Gasteiger partial charge in [-0.25, -0.2) is 25.9 Å². The number of ether oxygens (including phenoxy) is 1. The summed E-state index contributed by atoms with van der Waals surface area (Å²) in [4.78, 5) is 3.79. The normalized spacial score (nSPS) is 13.0. The Hall–Kier alpha value is -2.82. The molecule has 164 valence electrons. The van der Waals surface area contributed by atoms with Gasteiger partial charge in [0, 0.05) is 18.9 Å². The van der Waals surface area contributed by atoms with E-state index in [0.717, 1.165) is 24.3 Å². The highest BCUT2D eigenvalue weighted by molar-refractivity contribution is 7.92. The van der Waals surface area contributed by atoms with Crippen LogP contribution in [0.4, 0.5) is 4.39 Å². The van der Waals surface area contributed by atoms with Crippen LogP contribution in [0.5, 0.6) is 5.75 Å². The molecule has 0 aliphatic rings. The first-order valence-corrected chi connectivity index (χ1v) is 12.4. The second-order valence-electron chi connectivity index (χ2n) is 6.53. The number of benzene rings is 2. The summed E-state index contributed by atoms with van der Waals surface area (Å²) in [5.74, 6) is -0.0540. The molecule has 0 fully saturated rings. The molecular formula is C21H21FN2O5S2. The number of nitrogens with zero attached hydrogens (tertiary/aromatic N) is 1. The van der Waals surface area contributed by atoms with Crippen molar-refractivity contribution in [3.8, 4) is 5.75 Å². The smallest absolute Gasteiger partial charge is 0.240 e. The van der Waals surface area contributed by atoms with Crippen LogP contribution in [0.25, 0.3) is 0 Å². The lowest BCUT2D eigenvalue weighted by Crippen LogP contribution is -2.32. The molecule has 0 amide bonds. The summed E-state index contributed by atoms with van der Waals surface area (Å²) in [6, 6.07) is 13.3. The summed E-state index contributed by atoms with van der Waals surface area (Å²) < 4.78 is 72.8. The number of hydrogen-bond acceptors (Lipinski definition) is 6. The number of halogens is 1. The Morgan fingerprint density at radius 2 is 1.61 bits per heavy atom. The standard InChI is InChI=1S/C21H21FN2O5S2/c1-2-29-18-7-11-20(12-8-18)31(27,28)24-15-21(16-4-3-13-23-14-16)30(25,26)19-9-5-17(22)6-10-19/h3-14,21,24H,2,15H2,1H3. The SMILES string of the molecule is CCOc1ccc(S(=O)(=O)NCC(c2cccnc2)S(=O)(=O)c2ccc(F)cc2)cc1. The monoisotopic (exact) mass is 464 g/mol. The minimum Gasteiger partial charge on any atom is -0.494 e. The predicted octanol–water partition coefficient (Wildman–Crippen LogP) is 3.11. The second kappa shape index (κ2) is 9.54. The lowest BCUT2D eigenvalue weighted by Gasteiger charge is -2.19. The van der Waals surface area contributed by atoms with Gasteiger partial charge in [-0.3, -0.25) is 4.98 Å². The van der Waals surface area contributed by atoms with E-state index in [1.54, 1.807) is 12.1 Å². The van der Waals surface area contributed by atoms with E-state index in [9.17, 15) is 21.2 Å². The van der Waals surface area contributed by atoms with Gasteiger partial charge in [0.05, 0.1) is 16.4 Å². The number of nitrogens with one attached hydrogen (secondary N) is 1. The third kappa shape index (κ3) is 5.46. The minimum atomic E-state index is -4.04. The third-order valence-electron chi connectivity index (χ3n) is 4.48. The molecule has 0 aliphatic heterocycles. The van der Waals surface area contributed by atoms with Gasteiger partial charge in [-0.1, -0.05) is 6.07 Å². The van der Waals surface area contributed by atoms with E-state index < -0.39 is 37.5 Å². The number of hydrogen-bond donors (Lipinski definition) is 1. The zero-order valence-corrected chi connectivity index (χ0v) is 18.2. The van der Waals surface area contributed by atoms with Crippen molar-refractivity contribution < 1.29 is 26.0 Å². The van der Waals surface area contributed by atoms with Crippen LogP contribution in [0, 0.1) is 5.82 Å². The van der Waals surface area contributed by atoms with Crippen LogP contribution < -0.4 is 9.46 Å². The maximum Gasteiger partial charge on any atom is 0.240 e. The first kappa shape index (κ1) is 22.9. The zero-order chi connectivity index (χ0) is 22.5. The number of sulfonamides is 1. The Morgan fingerprint density at radius 1 is 0.968 bits per heavy atom. The van der Waals surface area contributed by atoms with E-state index in [1.165, 1.54) is 36.7 Å². The Kier molecular flexibility index (Phi) is 7.04. The molecule has 1 unspecified atom stereocenters. The average molecular weight is 465 g/mol. The maximum absolute atomic E-state index is 13.3. The zero-order valence-electron chi connectivity index (χ0n) is 16.6. The molecule has 0 radical (unpaired) electrons. The summed E-state index contributed by atoms with van der Waals surface area (Å²) in [6.07, 6.45) is 2.84. The van der Waals surface area contributed by atoms with Gasteiger partial charge in [0.25, 0.3) is 0 Å². The number of pyridine rings is 1. The predicted molar refractivity (Wildman–Crippen MR) is 113 cm³/mol. The van der Waals surface area contributed by atoms with Crippen LogP contribution in [-0.2, 0) is 19.9 Å². The molecular weight excluding hydrogens is 443 g/mol. The highest BCUT2D eigenvalue weighted by atomic mass is 32.2.